The number of halogens is 1. The maximum absolute atomic E-state index is 12.5. The van der Waals surface area contributed by atoms with Crippen molar-refractivity contribution >= 4 is 40.1 Å². The Morgan fingerprint density at radius 1 is 1.15 bits per heavy atom. The number of aryl methyl sites for hydroxylation is 1. The molecule has 0 aliphatic rings. The van der Waals surface area contributed by atoms with Gasteiger partial charge >= 0.3 is 5.69 Å². The van der Waals surface area contributed by atoms with E-state index in [-0.39, 0.29) is 28.8 Å². The molecule has 3 rings (SSSR count). The molecule has 2 heterocycles. The largest absolute Gasteiger partial charge is 0.332 e. The van der Waals surface area contributed by atoms with Crippen molar-refractivity contribution in [3.8, 4) is 0 Å². The minimum Gasteiger partial charge on any atom is -0.324 e. The highest BCUT2D eigenvalue weighted by Crippen LogP contribution is 2.18. The predicted octanol–water partition coefficient (Wildman–Crippen LogP) is 0.928. The van der Waals surface area contributed by atoms with Gasteiger partial charge in [-0.3, -0.25) is 28.1 Å². The van der Waals surface area contributed by atoms with E-state index in [1.54, 1.807) is 24.3 Å². The molecule has 3 aromatic rings. The number of hydrogen-bond acceptors (Lipinski definition) is 5. The molecule has 0 fully saturated rings. The number of carbonyl (C=O) groups is 2. The Kier molecular flexibility index (Phi) is 4.71. The molecule has 0 radical (unpaired) electrons. The van der Waals surface area contributed by atoms with Gasteiger partial charge in [0.1, 0.15) is 6.54 Å². The smallest absolute Gasteiger partial charge is 0.324 e. The van der Waals surface area contributed by atoms with Crippen LogP contribution in [-0.2, 0) is 25.4 Å². The van der Waals surface area contributed by atoms with E-state index >= 15 is 0 Å². The predicted molar refractivity (Wildman–Crippen MR) is 100 cm³/mol. The average Bonchev–Trinajstić information content (AvgIpc) is 2.95. The number of para-hydroxylation sites is 1. The summed E-state index contributed by atoms with van der Waals surface area (Å²) >= 11 is 6.10. The van der Waals surface area contributed by atoms with Gasteiger partial charge in [0.2, 0.25) is 11.2 Å². The van der Waals surface area contributed by atoms with E-state index < -0.39 is 17.2 Å². The number of carbonyl (C=O) groups excluding carboxylic acids is 2. The van der Waals surface area contributed by atoms with Crippen molar-refractivity contribution < 1.29 is 9.59 Å². The zero-order valence-corrected chi connectivity index (χ0v) is 15.6. The van der Waals surface area contributed by atoms with Crippen LogP contribution < -0.4 is 16.6 Å². The Hall–Kier alpha value is -3.20. The van der Waals surface area contributed by atoms with E-state index in [2.05, 4.69) is 10.3 Å². The molecule has 10 heteroatoms. The summed E-state index contributed by atoms with van der Waals surface area (Å²) in [6.07, 6.45) is 0. The summed E-state index contributed by atoms with van der Waals surface area (Å²) in [7, 11) is 2.79. The Labute approximate surface area is 157 Å². The number of Topliss-reactive ketones (excluding diaryl/α,β-unsaturated/α-hetero) is 1. The second kappa shape index (κ2) is 6.84. The molecule has 27 heavy (non-hydrogen) atoms. The molecule has 0 atom stereocenters. The molecule has 140 valence electrons. The third-order valence-corrected chi connectivity index (χ3v) is 4.47. The van der Waals surface area contributed by atoms with Gasteiger partial charge in [0, 0.05) is 19.7 Å². The van der Waals surface area contributed by atoms with E-state index in [1.807, 2.05) is 0 Å². The van der Waals surface area contributed by atoms with E-state index in [0.717, 1.165) is 4.57 Å². The number of imidazole rings is 1. The van der Waals surface area contributed by atoms with Crippen molar-refractivity contribution in [2.75, 3.05) is 5.32 Å². The lowest BCUT2D eigenvalue weighted by Gasteiger charge is -2.10. The lowest BCUT2D eigenvalue weighted by atomic mass is 10.1. The quantitative estimate of drug-likeness (QED) is 0.527. The molecule has 0 spiro atoms. The fourth-order valence-electron chi connectivity index (χ4n) is 2.80. The number of hydrogen-bond donors (Lipinski definition) is 1. The third kappa shape index (κ3) is 3.17. The molecule has 1 amide bonds. The van der Waals surface area contributed by atoms with Gasteiger partial charge in [-0.05, 0) is 30.7 Å². The highest BCUT2D eigenvalue weighted by molar-refractivity contribution is 6.29. The van der Waals surface area contributed by atoms with Crippen LogP contribution in [0.5, 0.6) is 0 Å². The van der Waals surface area contributed by atoms with Gasteiger partial charge in [0.15, 0.2) is 16.9 Å². The molecule has 0 aliphatic heterocycles. The molecule has 0 unspecified atom stereocenters. The Balaban J connectivity index is 2.02. The zero-order valence-electron chi connectivity index (χ0n) is 14.8. The van der Waals surface area contributed by atoms with Crippen LogP contribution in [0.3, 0.4) is 0 Å². The van der Waals surface area contributed by atoms with Gasteiger partial charge in [0.05, 0.1) is 5.69 Å². The van der Waals surface area contributed by atoms with Crippen LogP contribution in [0.4, 0.5) is 5.69 Å². The van der Waals surface area contributed by atoms with Crippen molar-refractivity contribution in [1.29, 1.82) is 0 Å². The summed E-state index contributed by atoms with van der Waals surface area (Å²) in [6.45, 7) is 1.09. The lowest BCUT2D eigenvalue weighted by Crippen LogP contribution is -2.37. The average molecular weight is 390 g/mol. The van der Waals surface area contributed by atoms with Crippen molar-refractivity contribution in [3.05, 3.63) is 56.0 Å². The number of rotatable bonds is 4. The molecular weight excluding hydrogens is 374 g/mol. The number of ketones is 1. The Morgan fingerprint density at radius 3 is 2.48 bits per heavy atom. The van der Waals surface area contributed by atoms with Crippen molar-refractivity contribution in [3.63, 3.8) is 0 Å². The van der Waals surface area contributed by atoms with E-state index in [1.165, 1.54) is 30.2 Å². The Morgan fingerprint density at radius 2 is 1.81 bits per heavy atom. The number of anilines is 1. The number of amides is 1. The number of benzene rings is 1. The van der Waals surface area contributed by atoms with Crippen LogP contribution in [0, 0.1) is 0 Å². The summed E-state index contributed by atoms with van der Waals surface area (Å²) in [5, 5.41) is 2.54. The Bertz CT molecular complexity index is 1200. The van der Waals surface area contributed by atoms with Crippen LogP contribution >= 0.6 is 11.6 Å². The summed E-state index contributed by atoms with van der Waals surface area (Å²) in [6, 6.07) is 6.58. The SMILES string of the molecule is CC(=O)c1ccccc1NC(=O)Cn1c(Cl)nc2c1c(=O)n(C)c(=O)n2C. The van der Waals surface area contributed by atoms with Crippen molar-refractivity contribution in [1.82, 2.24) is 18.7 Å². The molecule has 0 saturated carbocycles. The van der Waals surface area contributed by atoms with E-state index in [9.17, 15) is 19.2 Å². The van der Waals surface area contributed by atoms with Crippen LogP contribution in [0.25, 0.3) is 11.2 Å². The normalized spacial score (nSPS) is 11.0. The first-order chi connectivity index (χ1) is 12.7. The second-order valence-electron chi connectivity index (χ2n) is 5.99. The first kappa shape index (κ1) is 18.6. The lowest BCUT2D eigenvalue weighted by molar-refractivity contribution is -0.116. The summed E-state index contributed by atoms with van der Waals surface area (Å²) in [5.41, 5.74) is -0.302. The van der Waals surface area contributed by atoms with Crippen LogP contribution in [0.1, 0.15) is 17.3 Å². The highest BCUT2D eigenvalue weighted by atomic mass is 35.5. The molecule has 0 saturated heterocycles. The van der Waals surface area contributed by atoms with Crippen LogP contribution in [0.15, 0.2) is 33.9 Å². The minimum absolute atomic E-state index is 0.0413. The number of aromatic nitrogens is 4. The molecule has 0 bridgehead atoms. The second-order valence-corrected chi connectivity index (χ2v) is 6.33. The molecular formula is C17H16ClN5O4. The monoisotopic (exact) mass is 389 g/mol. The van der Waals surface area contributed by atoms with Crippen molar-refractivity contribution in [2.24, 2.45) is 14.1 Å². The number of nitrogens with one attached hydrogen (secondary N) is 1. The topological polar surface area (TPSA) is 108 Å². The molecule has 0 aliphatic carbocycles. The van der Waals surface area contributed by atoms with Crippen LogP contribution in [-0.4, -0.2) is 30.4 Å². The summed E-state index contributed by atoms with van der Waals surface area (Å²) in [5.74, 6) is -0.693. The highest BCUT2D eigenvalue weighted by Gasteiger charge is 2.20. The standard InChI is InChI=1S/C17H16ClN5O4/c1-9(24)10-6-4-5-7-11(10)19-12(25)8-23-13-14(20-16(23)18)21(2)17(27)22(3)15(13)26/h4-7H,8H2,1-3H3,(H,19,25). The molecule has 9 nitrogen and oxygen atoms in total. The minimum atomic E-state index is -0.607. The summed E-state index contributed by atoms with van der Waals surface area (Å²) < 4.78 is 3.33. The maximum atomic E-state index is 12.5. The van der Waals surface area contributed by atoms with E-state index in [0.29, 0.717) is 11.3 Å². The third-order valence-electron chi connectivity index (χ3n) is 4.18. The maximum Gasteiger partial charge on any atom is 0.332 e. The number of fused-ring (bicyclic) bond motifs is 1. The van der Waals surface area contributed by atoms with Gasteiger partial charge in [-0.2, -0.15) is 4.98 Å². The molecule has 1 N–H and O–H groups in total. The van der Waals surface area contributed by atoms with Gasteiger partial charge in [-0.15, -0.1) is 0 Å². The molecule has 1 aromatic carbocycles. The van der Waals surface area contributed by atoms with Gasteiger partial charge in [0.25, 0.3) is 5.56 Å². The van der Waals surface area contributed by atoms with Gasteiger partial charge in [-0.25, -0.2) is 4.79 Å². The van der Waals surface area contributed by atoms with Crippen LogP contribution in [0.2, 0.25) is 5.28 Å². The number of nitrogens with zero attached hydrogens (tertiary/aromatic N) is 4. The van der Waals surface area contributed by atoms with Gasteiger partial charge in [-0.1, -0.05) is 12.1 Å². The fourth-order valence-corrected chi connectivity index (χ4v) is 3.02. The van der Waals surface area contributed by atoms with Gasteiger partial charge < -0.3 is 5.32 Å². The first-order valence-corrected chi connectivity index (χ1v) is 8.31. The zero-order chi connectivity index (χ0) is 19.9. The molecule has 2 aromatic heterocycles. The van der Waals surface area contributed by atoms with E-state index in [4.69, 9.17) is 11.6 Å². The van der Waals surface area contributed by atoms with Crippen molar-refractivity contribution in [2.45, 2.75) is 13.5 Å². The first-order valence-electron chi connectivity index (χ1n) is 7.94. The fraction of sp³-hybridized carbons (Fsp3) is 0.235. The summed E-state index contributed by atoms with van der Waals surface area (Å²) in [4.78, 5) is 52.7.